The number of nitrogens with zero attached hydrogens (tertiary/aromatic N) is 2. The average Bonchev–Trinajstić information content (AvgIpc) is 3.13. The fraction of sp³-hybridized carbons (Fsp3) is 0.737. The number of fused-ring (bicyclic) bond motifs is 1. The summed E-state index contributed by atoms with van der Waals surface area (Å²) in [6, 6.07) is 2.16. The fourth-order valence-corrected chi connectivity index (χ4v) is 5.83. The molecule has 5 heteroatoms. The van der Waals surface area contributed by atoms with Gasteiger partial charge < -0.3 is 9.64 Å². The number of carbonyl (C=O) groups excluding carboxylic acids is 1. The molecule has 2 fully saturated rings. The Balaban J connectivity index is 1.39. The molecule has 1 aromatic rings. The third-order valence-corrected chi connectivity index (χ3v) is 7.35. The Morgan fingerprint density at radius 1 is 1.42 bits per heavy atom. The summed E-state index contributed by atoms with van der Waals surface area (Å²) >= 11 is 1.73. The van der Waals surface area contributed by atoms with E-state index in [-0.39, 0.29) is 11.4 Å². The maximum Gasteiger partial charge on any atom is 0.264 e. The van der Waals surface area contributed by atoms with Crippen LogP contribution in [0.25, 0.3) is 0 Å². The Hall–Kier alpha value is -0.910. The van der Waals surface area contributed by atoms with Crippen molar-refractivity contribution in [2.75, 3.05) is 39.9 Å². The Morgan fingerprint density at radius 2 is 2.25 bits per heavy atom. The zero-order valence-corrected chi connectivity index (χ0v) is 15.7. The number of piperidine rings is 1. The Labute approximate surface area is 148 Å². The number of ether oxygens (including phenoxy) is 1. The van der Waals surface area contributed by atoms with E-state index in [1.54, 1.807) is 11.3 Å². The van der Waals surface area contributed by atoms with Gasteiger partial charge in [0.05, 0.1) is 10.4 Å². The molecule has 1 atom stereocenters. The second-order valence-electron chi connectivity index (χ2n) is 7.74. The van der Waals surface area contributed by atoms with Gasteiger partial charge in [-0.2, -0.15) is 0 Å². The van der Waals surface area contributed by atoms with Gasteiger partial charge in [0, 0.05) is 31.2 Å². The Bertz CT molecular complexity index is 597. The number of aryl methyl sites for hydroxylation is 2. The first-order valence-corrected chi connectivity index (χ1v) is 10.1. The molecule has 0 saturated carbocycles. The lowest BCUT2D eigenvalue weighted by Crippen LogP contribution is -2.72. The van der Waals surface area contributed by atoms with Gasteiger partial charge in [-0.1, -0.05) is 0 Å². The van der Waals surface area contributed by atoms with Crippen LogP contribution in [0.4, 0.5) is 0 Å². The van der Waals surface area contributed by atoms with Crippen LogP contribution >= 0.6 is 11.3 Å². The highest BCUT2D eigenvalue weighted by atomic mass is 32.1. The van der Waals surface area contributed by atoms with Crippen molar-refractivity contribution in [3.63, 3.8) is 0 Å². The SMILES string of the molecule is CCOCC1CCN(C)C2(C1)CN(C(=O)c1cc3c(s1)CCC3)C2. The van der Waals surface area contributed by atoms with Gasteiger partial charge in [-0.05, 0) is 70.2 Å². The first kappa shape index (κ1) is 16.6. The highest BCUT2D eigenvalue weighted by Gasteiger charge is 2.51. The molecular weight excluding hydrogens is 320 g/mol. The molecule has 4 nitrogen and oxygen atoms in total. The maximum absolute atomic E-state index is 12.8. The van der Waals surface area contributed by atoms with E-state index in [1.807, 2.05) is 0 Å². The summed E-state index contributed by atoms with van der Waals surface area (Å²) in [5.74, 6) is 0.893. The zero-order chi connectivity index (χ0) is 16.7. The van der Waals surface area contributed by atoms with E-state index in [4.69, 9.17) is 4.74 Å². The molecule has 1 spiro atoms. The van der Waals surface area contributed by atoms with Gasteiger partial charge in [-0.25, -0.2) is 0 Å². The first-order valence-electron chi connectivity index (χ1n) is 9.31. The maximum atomic E-state index is 12.8. The van der Waals surface area contributed by atoms with Crippen LogP contribution in [0.1, 0.15) is 46.3 Å². The Morgan fingerprint density at radius 3 is 3.00 bits per heavy atom. The minimum absolute atomic E-state index is 0.190. The molecule has 1 aromatic heterocycles. The van der Waals surface area contributed by atoms with Crippen molar-refractivity contribution in [2.45, 2.75) is 44.6 Å². The summed E-state index contributed by atoms with van der Waals surface area (Å²) in [6.45, 7) is 6.62. The van der Waals surface area contributed by atoms with E-state index < -0.39 is 0 Å². The molecule has 0 radical (unpaired) electrons. The van der Waals surface area contributed by atoms with Gasteiger partial charge in [0.1, 0.15) is 0 Å². The molecular formula is C19H28N2O2S. The highest BCUT2D eigenvalue weighted by molar-refractivity contribution is 7.14. The van der Waals surface area contributed by atoms with Crippen molar-refractivity contribution in [3.05, 3.63) is 21.4 Å². The molecule has 4 rings (SSSR count). The molecule has 1 aliphatic carbocycles. The smallest absolute Gasteiger partial charge is 0.264 e. The molecule has 3 heterocycles. The number of likely N-dealkylation sites (N-methyl/N-ethyl adjacent to an activating group) is 1. The molecule has 0 N–H and O–H groups in total. The van der Waals surface area contributed by atoms with Crippen LogP contribution in [-0.2, 0) is 17.6 Å². The number of rotatable bonds is 4. The van der Waals surface area contributed by atoms with Crippen LogP contribution in [0.2, 0.25) is 0 Å². The lowest BCUT2D eigenvalue weighted by molar-refractivity contribution is -0.0750. The van der Waals surface area contributed by atoms with Crippen molar-refractivity contribution in [1.29, 1.82) is 0 Å². The second-order valence-corrected chi connectivity index (χ2v) is 8.87. The van der Waals surface area contributed by atoms with Gasteiger partial charge in [-0.15, -0.1) is 11.3 Å². The van der Waals surface area contributed by atoms with E-state index >= 15 is 0 Å². The zero-order valence-electron chi connectivity index (χ0n) is 14.8. The summed E-state index contributed by atoms with van der Waals surface area (Å²) in [5.41, 5.74) is 1.61. The lowest BCUT2D eigenvalue weighted by atomic mass is 9.75. The predicted octanol–water partition coefficient (Wildman–Crippen LogP) is 2.81. The monoisotopic (exact) mass is 348 g/mol. The van der Waals surface area contributed by atoms with E-state index in [0.29, 0.717) is 5.92 Å². The standard InChI is InChI=1S/C19H28N2O2S/c1-3-23-11-14-7-8-20(2)19(10-14)12-21(13-19)18(22)17-9-15-5-4-6-16(15)24-17/h9,14H,3-8,10-13H2,1-2H3. The van der Waals surface area contributed by atoms with Crippen molar-refractivity contribution >= 4 is 17.2 Å². The average molecular weight is 349 g/mol. The van der Waals surface area contributed by atoms with Crippen LogP contribution in [0.3, 0.4) is 0 Å². The third kappa shape index (κ3) is 2.80. The van der Waals surface area contributed by atoms with Gasteiger partial charge >= 0.3 is 0 Å². The van der Waals surface area contributed by atoms with Crippen molar-refractivity contribution in [2.24, 2.45) is 5.92 Å². The van der Waals surface area contributed by atoms with Gasteiger partial charge in [0.25, 0.3) is 5.91 Å². The molecule has 1 unspecified atom stereocenters. The van der Waals surface area contributed by atoms with Crippen molar-refractivity contribution < 1.29 is 9.53 Å². The van der Waals surface area contributed by atoms with Crippen LogP contribution in [0.15, 0.2) is 6.07 Å². The molecule has 1 amide bonds. The first-order chi connectivity index (χ1) is 11.6. The van der Waals surface area contributed by atoms with Crippen LogP contribution in [0.5, 0.6) is 0 Å². The van der Waals surface area contributed by atoms with E-state index in [9.17, 15) is 4.79 Å². The number of hydrogen-bond acceptors (Lipinski definition) is 4. The molecule has 0 aromatic carbocycles. The lowest BCUT2D eigenvalue weighted by Gasteiger charge is -2.58. The summed E-state index contributed by atoms with van der Waals surface area (Å²) < 4.78 is 5.65. The summed E-state index contributed by atoms with van der Waals surface area (Å²) in [6.07, 6.45) is 5.95. The topological polar surface area (TPSA) is 32.8 Å². The minimum atomic E-state index is 0.190. The van der Waals surface area contributed by atoms with Gasteiger partial charge in [0.2, 0.25) is 0 Å². The molecule has 24 heavy (non-hydrogen) atoms. The normalized spacial score (nSPS) is 25.8. The van der Waals surface area contributed by atoms with Gasteiger partial charge in [0.15, 0.2) is 0 Å². The number of hydrogen-bond donors (Lipinski definition) is 0. The largest absolute Gasteiger partial charge is 0.381 e. The number of thiophene rings is 1. The molecule has 2 saturated heterocycles. The van der Waals surface area contributed by atoms with E-state index in [1.165, 1.54) is 29.7 Å². The Kier molecular flexibility index (Phi) is 4.43. The molecule has 2 aliphatic heterocycles. The minimum Gasteiger partial charge on any atom is -0.381 e. The fourth-order valence-electron chi connectivity index (χ4n) is 4.60. The van der Waals surface area contributed by atoms with E-state index in [0.717, 1.165) is 50.6 Å². The second kappa shape index (κ2) is 6.43. The number of amides is 1. The number of carbonyl (C=O) groups is 1. The molecule has 3 aliphatic rings. The van der Waals surface area contributed by atoms with Crippen LogP contribution in [0, 0.1) is 5.92 Å². The number of likely N-dealkylation sites (tertiary alicyclic amines) is 2. The van der Waals surface area contributed by atoms with Gasteiger partial charge in [-0.3, -0.25) is 9.69 Å². The third-order valence-electron chi connectivity index (χ3n) is 6.12. The quantitative estimate of drug-likeness (QED) is 0.839. The summed E-state index contributed by atoms with van der Waals surface area (Å²) in [7, 11) is 2.22. The molecule has 0 bridgehead atoms. The van der Waals surface area contributed by atoms with Crippen molar-refractivity contribution in [3.8, 4) is 0 Å². The highest BCUT2D eigenvalue weighted by Crippen LogP contribution is 2.40. The predicted molar refractivity (Wildman–Crippen MR) is 96.8 cm³/mol. The van der Waals surface area contributed by atoms with Crippen LogP contribution in [-0.4, -0.2) is 61.1 Å². The van der Waals surface area contributed by atoms with E-state index in [2.05, 4.69) is 29.8 Å². The molecule has 132 valence electrons. The summed E-state index contributed by atoms with van der Waals surface area (Å²) in [4.78, 5) is 19.7. The van der Waals surface area contributed by atoms with Crippen molar-refractivity contribution in [1.82, 2.24) is 9.80 Å². The van der Waals surface area contributed by atoms with Crippen LogP contribution < -0.4 is 0 Å². The summed E-state index contributed by atoms with van der Waals surface area (Å²) in [5, 5.41) is 0.